The highest BCUT2D eigenvalue weighted by atomic mass is 16.3. The van der Waals surface area contributed by atoms with Crippen LogP contribution in [0.15, 0.2) is 18.2 Å². The summed E-state index contributed by atoms with van der Waals surface area (Å²) in [6, 6.07) is 3.81. The minimum atomic E-state index is -0.729. The molecule has 0 fully saturated rings. The molecule has 0 atom stereocenters. The highest BCUT2D eigenvalue weighted by molar-refractivity contribution is 6.00. The number of hydrogen-bond acceptors (Lipinski definition) is 3. The van der Waals surface area contributed by atoms with Gasteiger partial charge in [-0.25, -0.2) is 0 Å². The first-order valence-corrected chi connectivity index (χ1v) is 3.23. The van der Waals surface area contributed by atoms with Crippen LogP contribution in [0.4, 0.5) is 0 Å². The Kier molecular flexibility index (Phi) is 2.09. The first-order valence-electron chi connectivity index (χ1n) is 3.23. The van der Waals surface area contributed by atoms with Crippen molar-refractivity contribution in [2.75, 3.05) is 0 Å². The summed E-state index contributed by atoms with van der Waals surface area (Å²) in [5, 5.41) is 8.96. The summed E-state index contributed by atoms with van der Waals surface area (Å²) in [4.78, 5) is 21.0. The average molecular weight is 165 g/mol. The van der Waals surface area contributed by atoms with Gasteiger partial charge in [0.05, 0.1) is 5.56 Å². The largest absolute Gasteiger partial charge is 0.508 e. The highest BCUT2D eigenvalue weighted by Gasteiger charge is 2.07. The maximum atomic E-state index is 10.7. The fraction of sp³-hybridized carbons (Fsp3) is 0. The van der Waals surface area contributed by atoms with Gasteiger partial charge >= 0.3 is 0 Å². The Morgan fingerprint density at radius 3 is 2.67 bits per heavy atom. The number of benzene rings is 1. The first-order chi connectivity index (χ1) is 5.65. The van der Waals surface area contributed by atoms with Crippen molar-refractivity contribution in [2.24, 2.45) is 5.73 Å². The summed E-state index contributed by atoms with van der Waals surface area (Å²) in [5.74, 6) is -0.817. The van der Waals surface area contributed by atoms with E-state index in [2.05, 4.69) is 0 Å². The third kappa shape index (κ3) is 1.42. The van der Waals surface area contributed by atoms with Crippen molar-refractivity contribution in [2.45, 2.75) is 0 Å². The van der Waals surface area contributed by atoms with Crippen LogP contribution in [0, 0.1) is 0 Å². The summed E-state index contributed by atoms with van der Waals surface area (Å²) < 4.78 is 0. The molecule has 4 heteroatoms. The van der Waals surface area contributed by atoms with E-state index in [1.165, 1.54) is 12.1 Å². The van der Waals surface area contributed by atoms with Crippen LogP contribution in [0.2, 0.25) is 0 Å². The van der Waals surface area contributed by atoms with Crippen LogP contribution >= 0.6 is 0 Å². The Bertz CT molecular complexity index is 333. The number of phenolic OH excluding ortho intramolecular Hbond substituents is 1. The van der Waals surface area contributed by atoms with Gasteiger partial charge in [-0.05, 0) is 18.2 Å². The lowest BCUT2D eigenvalue weighted by atomic mass is 10.1. The van der Waals surface area contributed by atoms with Crippen molar-refractivity contribution >= 4 is 12.2 Å². The molecule has 12 heavy (non-hydrogen) atoms. The second kappa shape index (κ2) is 3.04. The highest BCUT2D eigenvalue weighted by Crippen LogP contribution is 2.14. The number of aromatic hydroxyl groups is 1. The normalized spacial score (nSPS) is 9.33. The standard InChI is InChI=1S/C8H7NO3/c9-8(12)7-3-6(11)2-1-5(7)4-10/h1-4,11H,(H2,9,12). The Morgan fingerprint density at radius 1 is 1.50 bits per heavy atom. The number of primary amides is 1. The van der Waals surface area contributed by atoms with Gasteiger partial charge < -0.3 is 10.8 Å². The molecular weight excluding hydrogens is 158 g/mol. The predicted octanol–water partition coefficient (Wildman–Crippen LogP) is 0.304. The number of carbonyl (C=O) groups is 2. The van der Waals surface area contributed by atoms with E-state index in [1.54, 1.807) is 0 Å². The molecule has 0 aliphatic carbocycles. The van der Waals surface area contributed by atoms with E-state index in [1.807, 2.05) is 0 Å². The number of aldehydes is 1. The minimum absolute atomic E-state index is 0.0324. The average Bonchev–Trinajstić information content (AvgIpc) is 2.04. The fourth-order valence-corrected chi connectivity index (χ4v) is 0.860. The number of phenols is 1. The molecule has 4 nitrogen and oxygen atoms in total. The summed E-state index contributed by atoms with van der Waals surface area (Å²) in [6.07, 6.45) is 0.513. The summed E-state index contributed by atoms with van der Waals surface area (Å²) in [7, 11) is 0. The van der Waals surface area contributed by atoms with Crippen LogP contribution in [0.3, 0.4) is 0 Å². The molecule has 0 saturated carbocycles. The van der Waals surface area contributed by atoms with Gasteiger partial charge in [-0.2, -0.15) is 0 Å². The zero-order chi connectivity index (χ0) is 9.14. The molecule has 1 aromatic rings. The molecule has 62 valence electrons. The third-order valence-corrected chi connectivity index (χ3v) is 1.43. The molecule has 1 rings (SSSR count). The lowest BCUT2D eigenvalue weighted by Gasteiger charge is -1.99. The van der Waals surface area contributed by atoms with E-state index in [0.717, 1.165) is 6.07 Å². The van der Waals surface area contributed by atoms with Gasteiger partial charge in [-0.3, -0.25) is 9.59 Å². The third-order valence-electron chi connectivity index (χ3n) is 1.43. The molecule has 0 saturated heterocycles. The van der Waals surface area contributed by atoms with Crippen LogP contribution in [0.1, 0.15) is 20.7 Å². The van der Waals surface area contributed by atoms with Gasteiger partial charge in [0.25, 0.3) is 0 Å². The van der Waals surface area contributed by atoms with Gasteiger partial charge in [0.2, 0.25) is 5.91 Å². The molecule has 0 aromatic heterocycles. The van der Waals surface area contributed by atoms with E-state index in [0.29, 0.717) is 6.29 Å². The van der Waals surface area contributed by atoms with Gasteiger partial charge in [-0.1, -0.05) is 0 Å². The maximum absolute atomic E-state index is 10.7. The van der Waals surface area contributed by atoms with Crippen LogP contribution in [-0.4, -0.2) is 17.3 Å². The van der Waals surface area contributed by atoms with Crippen LogP contribution < -0.4 is 5.73 Å². The number of nitrogens with two attached hydrogens (primary N) is 1. The molecule has 0 bridgehead atoms. The lowest BCUT2D eigenvalue weighted by molar-refractivity contribution is 0.0992. The molecule has 3 N–H and O–H groups in total. The fourth-order valence-electron chi connectivity index (χ4n) is 0.860. The molecule has 0 radical (unpaired) electrons. The molecule has 0 aliphatic heterocycles. The molecule has 1 aromatic carbocycles. The zero-order valence-corrected chi connectivity index (χ0v) is 6.15. The van der Waals surface area contributed by atoms with Crippen LogP contribution in [-0.2, 0) is 0 Å². The topological polar surface area (TPSA) is 80.4 Å². The van der Waals surface area contributed by atoms with Crippen molar-refractivity contribution in [3.05, 3.63) is 29.3 Å². The van der Waals surface area contributed by atoms with Gasteiger partial charge in [0.15, 0.2) is 6.29 Å². The van der Waals surface area contributed by atoms with E-state index >= 15 is 0 Å². The molecule has 1 amide bonds. The zero-order valence-electron chi connectivity index (χ0n) is 6.15. The Balaban J connectivity index is 3.30. The van der Waals surface area contributed by atoms with Crippen molar-refractivity contribution in [3.8, 4) is 5.75 Å². The molecular formula is C8H7NO3. The Morgan fingerprint density at radius 2 is 2.17 bits per heavy atom. The summed E-state index contributed by atoms with van der Waals surface area (Å²) in [5.41, 5.74) is 5.16. The second-order valence-corrected chi connectivity index (χ2v) is 2.25. The number of amides is 1. The first kappa shape index (κ1) is 8.26. The monoisotopic (exact) mass is 165 g/mol. The molecule has 0 heterocycles. The van der Waals surface area contributed by atoms with E-state index in [-0.39, 0.29) is 16.9 Å². The maximum Gasteiger partial charge on any atom is 0.249 e. The van der Waals surface area contributed by atoms with Gasteiger partial charge in [-0.15, -0.1) is 0 Å². The number of carbonyl (C=O) groups excluding carboxylic acids is 2. The molecule has 0 spiro atoms. The van der Waals surface area contributed by atoms with E-state index in [4.69, 9.17) is 10.8 Å². The Hall–Kier alpha value is -1.84. The lowest BCUT2D eigenvalue weighted by Crippen LogP contribution is -2.13. The van der Waals surface area contributed by atoms with Crippen molar-refractivity contribution in [1.29, 1.82) is 0 Å². The van der Waals surface area contributed by atoms with E-state index in [9.17, 15) is 9.59 Å². The predicted molar refractivity (Wildman–Crippen MR) is 42.0 cm³/mol. The van der Waals surface area contributed by atoms with Crippen LogP contribution in [0.25, 0.3) is 0 Å². The number of hydrogen-bond donors (Lipinski definition) is 2. The Labute approximate surface area is 68.6 Å². The smallest absolute Gasteiger partial charge is 0.249 e. The summed E-state index contributed by atoms with van der Waals surface area (Å²) in [6.45, 7) is 0. The quantitative estimate of drug-likeness (QED) is 0.618. The number of rotatable bonds is 2. The molecule has 0 aliphatic rings. The summed E-state index contributed by atoms with van der Waals surface area (Å²) >= 11 is 0. The second-order valence-electron chi connectivity index (χ2n) is 2.25. The SMILES string of the molecule is NC(=O)c1cc(O)ccc1C=O. The van der Waals surface area contributed by atoms with Crippen molar-refractivity contribution in [1.82, 2.24) is 0 Å². The van der Waals surface area contributed by atoms with Gasteiger partial charge in [0, 0.05) is 5.56 Å². The molecule has 0 unspecified atom stereocenters. The van der Waals surface area contributed by atoms with Crippen molar-refractivity contribution < 1.29 is 14.7 Å². The van der Waals surface area contributed by atoms with E-state index < -0.39 is 5.91 Å². The van der Waals surface area contributed by atoms with Crippen LogP contribution in [0.5, 0.6) is 5.75 Å². The van der Waals surface area contributed by atoms with Gasteiger partial charge in [0.1, 0.15) is 5.75 Å². The van der Waals surface area contributed by atoms with Crippen molar-refractivity contribution in [3.63, 3.8) is 0 Å². The minimum Gasteiger partial charge on any atom is -0.508 e.